The molecule has 0 aliphatic heterocycles. The van der Waals surface area contributed by atoms with Crippen molar-refractivity contribution in [1.82, 2.24) is 5.32 Å². The zero-order valence-corrected chi connectivity index (χ0v) is 13.3. The average Bonchev–Trinajstić information content (AvgIpc) is 2.56. The van der Waals surface area contributed by atoms with Gasteiger partial charge in [-0.3, -0.25) is 0 Å². The summed E-state index contributed by atoms with van der Waals surface area (Å²) < 4.78 is 10.1. The zero-order chi connectivity index (χ0) is 16.7. The number of benzene rings is 1. The van der Waals surface area contributed by atoms with Crippen molar-refractivity contribution in [1.29, 1.82) is 0 Å². The lowest BCUT2D eigenvalue weighted by molar-refractivity contribution is -0.171. The number of hydrogen-bond acceptors (Lipinski definition) is 5. The molecule has 1 aromatic carbocycles. The van der Waals surface area contributed by atoms with Crippen LogP contribution in [0.25, 0.3) is 0 Å². The van der Waals surface area contributed by atoms with Crippen molar-refractivity contribution in [2.24, 2.45) is 0 Å². The second-order valence-corrected chi connectivity index (χ2v) is 5.65. The van der Waals surface area contributed by atoms with Crippen molar-refractivity contribution < 1.29 is 24.2 Å². The van der Waals surface area contributed by atoms with Crippen LogP contribution < -0.4 is 5.32 Å². The summed E-state index contributed by atoms with van der Waals surface area (Å²) in [4.78, 5) is 24.0. The molecule has 0 saturated heterocycles. The molecule has 1 aromatic rings. The number of esters is 1. The van der Waals surface area contributed by atoms with Crippen molar-refractivity contribution in [2.45, 2.75) is 50.9 Å². The van der Waals surface area contributed by atoms with E-state index in [1.807, 2.05) is 30.3 Å². The topological polar surface area (TPSA) is 84.9 Å². The minimum Gasteiger partial charge on any atom is -0.464 e. The van der Waals surface area contributed by atoms with Gasteiger partial charge in [-0.1, -0.05) is 36.8 Å². The number of aliphatic hydroxyl groups is 1. The number of carbonyl (C=O) groups is 2. The van der Waals surface area contributed by atoms with Crippen LogP contribution in [0.2, 0.25) is 0 Å². The van der Waals surface area contributed by atoms with Crippen LogP contribution in [0.15, 0.2) is 30.3 Å². The first kappa shape index (κ1) is 17.3. The Hall–Kier alpha value is -2.08. The van der Waals surface area contributed by atoms with E-state index in [9.17, 15) is 14.7 Å². The summed E-state index contributed by atoms with van der Waals surface area (Å²) in [7, 11) is 0. The van der Waals surface area contributed by atoms with E-state index in [2.05, 4.69) is 5.32 Å². The van der Waals surface area contributed by atoms with Gasteiger partial charge in [0.15, 0.2) is 5.60 Å². The molecule has 0 spiro atoms. The molecule has 0 aromatic heterocycles. The molecule has 6 nitrogen and oxygen atoms in total. The highest BCUT2D eigenvalue weighted by Gasteiger charge is 2.47. The molecule has 0 radical (unpaired) electrons. The second kappa shape index (κ2) is 7.97. The summed E-state index contributed by atoms with van der Waals surface area (Å²) in [6.45, 7) is 2.00. The van der Waals surface area contributed by atoms with E-state index in [1.54, 1.807) is 6.92 Å². The smallest absolute Gasteiger partial charge is 0.407 e. The molecule has 2 N–H and O–H groups in total. The van der Waals surface area contributed by atoms with Gasteiger partial charge < -0.3 is 19.9 Å². The van der Waals surface area contributed by atoms with Crippen LogP contribution in [-0.4, -0.2) is 35.4 Å². The largest absolute Gasteiger partial charge is 0.464 e. The third-order valence-electron chi connectivity index (χ3n) is 4.01. The van der Waals surface area contributed by atoms with Crippen LogP contribution in [0.5, 0.6) is 0 Å². The van der Waals surface area contributed by atoms with E-state index < -0.39 is 23.7 Å². The third-order valence-corrected chi connectivity index (χ3v) is 4.01. The van der Waals surface area contributed by atoms with Crippen LogP contribution in [0.1, 0.15) is 38.2 Å². The zero-order valence-electron chi connectivity index (χ0n) is 13.3. The maximum absolute atomic E-state index is 12.0. The minimum atomic E-state index is -1.68. The first-order valence-corrected chi connectivity index (χ1v) is 7.93. The third kappa shape index (κ3) is 4.45. The van der Waals surface area contributed by atoms with Crippen LogP contribution >= 0.6 is 0 Å². The molecule has 1 amide bonds. The highest BCUT2D eigenvalue weighted by molar-refractivity contribution is 5.81. The van der Waals surface area contributed by atoms with Crippen LogP contribution in [0.3, 0.4) is 0 Å². The Morgan fingerprint density at radius 1 is 1.26 bits per heavy atom. The highest BCUT2D eigenvalue weighted by Crippen LogP contribution is 2.30. The lowest BCUT2D eigenvalue weighted by Crippen LogP contribution is -2.59. The van der Waals surface area contributed by atoms with E-state index in [-0.39, 0.29) is 19.6 Å². The monoisotopic (exact) mass is 321 g/mol. The number of rotatable bonds is 5. The molecule has 1 saturated carbocycles. The molecule has 1 aliphatic rings. The Kier molecular flexibility index (Phi) is 5.98. The van der Waals surface area contributed by atoms with Crippen LogP contribution in [-0.2, 0) is 20.9 Å². The summed E-state index contributed by atoms with van der Waals surface area (Å²) in [5.41, 5.74) is -0.813. The maximum atomic E-state index is 12.0. The molecule has 1 fully saturated rings. The molecular formula is C17H23NO5. The predicted octanol–water partition coefficient (Wildman–Crippen LogP) is 2.15. The Bertz CT molecular complexity index is 533. The van der Waals surface area contributed by atoms with E-state index in [0.717, 1.165) is 12.0 Å². The van der Waals surface area contributed by atoms with Gasteiger partial charge in [-0.2, -0.15) is 0 Å². The Morgan fingerprint density at radius 2 is 2.00 bits per heavy atom. The quantitative estimate of drug-likeness (QED) is 0.812. The number of carbonyl (C=O) groups excluding carboxylic acids is 2. The van der Waals surface area contributed by atoms with Gasteiger partial charge in [0.1, 0.15) is 6.61 Å². The molecule has 23 heavy (non-hydrogen) atoms. The van der Waals surface area contributed by atoms with Gasteiger partial charge in [0, 0.05) is 0 Å². The Labute approximate surface area is 135 Å². The maximum Gasteiger partial charge on any atom is 0.407 e. The number of alkyl carbamates (subject to hydrolysis) is 1. The molecule has 2 unspecified atom stereocenters. The molecule has 1 aliphatic carbocycles. The number of nitrogens with one attached hydrogen (secondary N) is 1. The molecule has 0 bridgehead atoms. The van der Waals surface area contributed by atoms with E-state index in [0.29, 0.717) is 12.8 Å². The van der Waals surface area contributed by atoms with Gasteiger partial charge in [-0.25, -0.2) is 9.59 Å². The SMILES string of the molecule is CCOC(=O)C1(O)CCCCC1NC(=O)OCc1ccccc1. The van der Waals surface area contributed by atoms with Gasteiger partial charge in [-0.05, 0) is 31.7 Å². The van der Waals surface area contributed by atoms with Crippen LogP contribution in [0, 0.1) is 0 Å². The highest BCUT2D eigenvalue weighted by atomic mass is 16.6. The first-order valence-electron chi connectivity index (χ1n) is 7.93. The van der Waals surface area contributed by atoms with Crippen molar-refractivity contribution in [2.75, 3.05) is 6.61 Å². The molecule has 0 heterocycles. The van der Waals surface area contributed by atoms with Crippen molar-refractivity contribution in [3.8, 4) is 0 Å². The van der Waals surface area contributed by atoms with Crippen molar-refractivity contribution in [3.63, 3.8) is 0 Å². The number of amides is 1. The summed E-state index contributed by atoms with van der Waals surface area (Å²) in [6.07, 6.45) is 1.67. The summed E-state index contributed by atoms with van der Waals surface area (Å²) in [6, 6.07) is 8.60. The lowest BCUT2D eigenvalue weighted by atomic mass is 9.80. The molecule has 126 valence electrons. The molecule has 6 heteroatoms. The average molecular weight is 321 g/mol. The Morgan fingerprint density at radius 3 is 2.70 bits per heavy atom. The van der Waals surface area contributed by atoms with E-state index in [1.165, 1.54) is 0 Å². The van der Waals surface area contributed by atoms with Gasteiger partial charge in [0.05, 0.1) is 12.6 Å². The standard InChI is InChI=1S/C17H23NO5/c1-2-22-15(19)17(21)11-7-6-10-14(17)18-16(20)23-12-13-8-4-3-5-9-13/h3-5,8-9,14,21H,2,6-7,10-12H2,1H3,(H,18,20). The van der Waals surface area contributed by atoms with E-state index >= 15 is 0 Å². The normalized spacial score (nSPS) is 23.8. The van der Waals surface area contributed by atoms with Crippen molar-refractivity contribution >= 4 is 12.1 Å². The van der Waals surface area contributed by atoms with Gasteiger partial charge >= 0.3 is 12.1 Å². The molecular weight excluding hydrogens is 298 g/mol. The van der Waals surface area contributed by atoms with Crippen molar-refractivity contribution in [3.05, 3.63) is 35.9 Å². The molecule has 2 atom stereocenters. The number of ether oxygens (including phenoxy) is 2. The fraction of sp³-hybridized carbons (Fsp3) is 0.529. The van der Waals surface area contributed by atoms with Gasteiger partial charge in [0.25, 0.3) is 0 Å². The second-order valence-electron chi connectivity index (χ2n) is 5.65. The number of hydrogen-bond donors (Lipinski definition) is 2. The minimum absolute atomic E-state index is 0.136. The Balaban J connectivity index is 1.93. The fourth-order valence-corrected chi connectivity index (χ4v) is 2.75. The lowest BCUT2D eigenvalue weighted by Gasteiger charge is -2.37. The summed E-state index contributed by atoms with van der Waals surface area (Å²) in [5, 5.41) is 13.2. The summed E-state index contributed by atoms with van der Waals surface area (Å²) >= 11 is 0. The predicted molar refractivity (Wildman–Crippen MR) is 83.6 cm³/mol. The van der Waals surface area contributed by atoms with Gasteiger partial charge in [-0.15, -0.1) is 0 Å². The van der Waals surface area contributed by atoms with E-state index in [4.69, 9.17) is 9.47 Å². The van der Waals surface area contributed by atoms with Gasteiger partial charge in [0.2, 0.25) is 0 Å². The summed E-state index contributed by atoms with van der Waals surface area (Å²) in [5.74, 6) is -0.687. The van der Waals surface area contributed by atoms with Crippen LogP contribution in [0.4, 0.5) is 4.79 Å². The fourth-order valence-electron chi connectivity index (χ4n) is 2.75. The first-order chi connectivity index (χ1) is 11.1. The molecule has 2 rings (SSSR count).